The third kappa shape index (κ3) is 5.70. The molecule has 0 aliphatic rings. The maximum atomic E-state index is 12.5. The summed E-state index contributed by atoms with van der Waals surface area (Å²) in [5.74, 6) is 0.247. The number of urea groups is 1. The molecule has 1 aromatic carbocycles. The van der Waals surface area contributed by atoms with Crippen LogP contribution in [-0.2, 0) is 16.1 Å². The first-order valence-electron chi connectivity index (χ1n) is 7.86. The van der Waals surface area contributed by atoms with Gasteiger partial charge in [0, 0.05) is 12.2 Å². The van der Waals surface area contributed by atoms with Crippen molar-refractivity contribution in [2.75, 3.05) is 18.5 Å². The fourth-order valence-electron chi connectivity index (χ4n) is 2.13. The summed E-state index contributed by atoms with van der Waals surface area (Å²) in [6.07, 6.45) is 1.62. The Morgan fingerprint density at radius 3 is 2.64 bits per heavy atom. The van der Waals surface area contributed by atoms with E-state index in [-0.39, 0.29) is 31.5 Å². The summed E-state index contributed by atoms with van der Waals surface area (Å²) < 4.78 is 10.2. The number of carbonyl (C=O) groups excluding carboxylic acids is 2. The number of rotatable bonds is 7. The van der Waals surface area contributed by atoms with Crippen molar-refractivity contribution in [3.8, 4) is 6.07 Å². The summed E-state index contributed by atoms with van der Waals surface area (Å²) in [6, 6.07) is 11.7. The molecule has 0 saturated heterocycles. The van der Waals surface area contributed by atoms with Crippen LogP contribution >= 0.6 is 0 Å². The van der Waals surface area contributed by atoms with Crippen LogP contribution in [0.5, 0.6) is 0 Å². The lowest BCUT2D eigenvalue weighted by Crippen LogP contribution is -2.36. The van der Waals surface area contributed by atoms with Crippen LogP contribution in [-0.4, -0.2) is 30.1 Å². The molecule has 2 amide bonds. The predicted molar refractivity (Wildman–Crippen MR) is 90.5 cm³/mol. The van der Waals surface area contributed by atoms with Crippen LogP contribution in [0.15, 0.2) is 47.1 Å². The number of esters is 1. The van der Waals surface area contributed by atoms with Crippen LogP contribution in [0.2, 0.25) is 0 Å². The monoisotopic (exact) mass is 341 g/mol. The van der Waals surface area contributed by atoms with E-state index in [2.05, 4.69) is 5.32 Å². The van der Waals surface area contributed by atoms with Crippen molar-refractivity contribution < 1.29 is 18.7 Å². The number of hydrogen-bond donors (Lipinski definition) is 1. The van der Waals surface area contributed by atoms with Gasteiger partial charge in [-0.1, -0.05) is 0 Å². The zero-order chi connectivity index (χ0) is 18.1. The first-order valence-corrected chi connectivity index (χ1v) is 7.86. The van der Waals surface area contributed by atoms with Crippen LogP contribution in [0, 0.1) is 11.3 Å². The van der Waals surface area contributed by atoms with Gasteiger partial charge in [0.05, 0.1) is 37.5 Å². The highest BCUT2D eigenvalue weighted by molar-refractivity contribution is 5.89. The van der Waals surface area contributed by atoms with E-state index < -0.39 is 0 Å². The van der Waals surface area contributed by atoms with Crippen molar-refractivity contribution in [1.82, 2.24) is 4.90 Å². The second kappa shape index (κ2) is 9.13. The van der Waals surface area contributed by atoms with Crippen molar-refractivity contribution in [3.05, 3.63) is 54.0 Å². The van der Waals surface area contributed by atoms with E-state index >= 15 is 0 Å². The average molecular weight is 341 g/mol. The fraction of sp³-hybridized carbons (Fsp3) is 0.278. The molecule has 0 aliphatic carbocycles. The van der Waals surface area contributed by atoms with Crippen molar-refractivity contribution in [2.45, 2.75) is 19.9 Å². The molecule has 0 spiro atoms. The first kappa shape index (κ1) is 18.1. The van der Waals surface area contributed by atoms with Crippen LogP contribution in [0.3, 0.4) is 0 Å². The molecule has 25 heavy (non-hydrogen) atoms. The molecule has 1 aromatic heterocycles. The normalized spacial score (nSPS) is 9.92. The average Bonchev–Trinajstić information content (AvgIpc) is 3.12. The highest BCUT2D eigenvalue weighted by Crippen LogP contribution is 2.12. The number of nitrogens with zero attached hydrogens (tertiary/aromatic N) is 2. The number of hydrogen-bond acceptors (Lipinski definition) is 5. The molecule has 0 saturated carbocycles. The lowest BCUT2D eigenvalue weighted by molar-refractivity contribution is -0.143. The molecule has 1 N–H and O–H groups in total. The molecule has 130 valence electrons. The minimum absolute atomic E-state index is 0.0926. The molecule has 0 radical (unpaired) electrons. The number of ether oxygens (including phenoxy) is 1. The molecule has 0 bridgehead atoms. The van der Waals surface area contributed by atoms with Crippen LogP contribution in [0.25, 0.3) is 0 Å². The maximum absolute atomic E-state index is 12.5. The van der Waals surface area contributed by atoms with Crippen LogP contribution in [0.4, 0.5) is 10.5 Å². The topological polar surface area (TPSA) is 95.6 Å². The van der Waals surface area contributed by atoms with Gasteiger partial charge in [-0.2, -0.15) is 5.26 Å². The van der Waals surface area contributed by atoms with Crippen molar-refractivity contribution in [1.29, 1.82) is 5.26 Å². The number of nitriles is 1. The highest BCUT2D eigenvalue weighted by Gasteiger charge is 2.17. The Labute approximate surface area is 145 Å². The molecule has 0 aliphatic heterocycles. The standard InChI is InChI=1S/C18H19N3O4/c1-2-24-17(22)9-10-21(13-16-4-3-11-25-16)18(23)20-15-7-5-14(12-19)6-8-15/h3-8,11H,2,9-10,13H2,1H3,(H,20,23). The van der Waals surface area contributed by atoms with Crippen LogP contribution in [0.1, 0.15) is 24.7 Å². The third-order valence-corrected chi connectivity index (χ3v) is 3.37. The van der Waals surface area contributed by atoms with Crippen molar-refractivity contribution in [2.24, 2.45) is 0 Å². The molecule has 2 aromatic rings. The molecule has 2 rings (SSSR count). The quantitative estimate of drug-likeness (QED) is 0.781. The number of benzene rings is 1. The summed E-state index contributed by atoms with van der Waals surface area (Å²) in [6.45, 7) is 2.46. The molecule has 1 heterocycles. The first-order chi connectivity index (χ1) is 12.1. The van der Waals surface area contributed by atoms with E-state index in [1.54, 1.807) is 43.3 Å². The summed E-state index contributed by atoms with van der Waals surface area (Å²) >= 11 is 0. The SMILES string of the molecule is CCOC(=O)CCN(Cc1ccco1)C(=O)Nc1ccc(C#N)cc1. The number of furan rings is 1. The van der Waals surface area contributed by atoms with E-state index in [0.717, 1.165) is 0 Å². The highest BCUT2D eigenvalue weighted by atomic mass is 16.5. The molecular weight excluding hydrogens is 322 g/mol. The fourth-order valence-corrected chi connectivity index (χ4v) is 2.13. The maximum Gasteiger partial charge on any atom is 0.322 e. The smallest absolute Gasteiger partial charge is 0.322 e. The van der Waals surface area contributed by atoms with E-state index in [4.69, 9.17) is 14.4 Å². The van der Waals surface area contributed by atoms with Crippen molar-refractivity contribution in [3.63, 3.8) is 0 Å². The summed E-state index contributed by atoms with van der Waals surface area (Å²) in [5.41, 5.74) is 1.07. The Morgan fingerprint density at radius 1 is 1.28 bits per heavy atom. The Kier molecular flexibility index (Phi) is 6.60. The van der Waals surface area contributed by atoms with Gasteiger partial charge in [-0.25, -0.2) is 4.79 Å². The minimum Gasteiger partial charge on any atom is -0.467 e. The van der Waals surface area contributed by atoms with E-state index in [9.17, 15) is 9.59 Å². The number of anilines is 1. The lowest BCUT2D eigenvalue weighted by atomic mass is 10.2. The zero-order valence-electron chi connectivity index (χ0n) is 13.9. The second-order valence-electron chi connectivity index (χ2n) is 5.18. The predicted octanol–water partition coefficient (Wildman–Crippen LogP) is 3.14. The van der Waals surface area contributed by atoms with Gasteiger partial charge in [0.2, 0.25) is 0 Å². The number of carbonyl (C=O) groups is 2. The molecule has 0 fully saturated rings. The van der Waals surface area contributed by atoms with Crippen molar-refractivity contribution >= 4 is 17.7 Å². The Bertz CT molecular complexity index is 733. The van der Waals surface area contributed by atoms with Gasteiger partial charge in [0.1, 0.15) is 5.76 Å². The molecule has 7 heteroatoms. The second-order valence-corrected chi connectivity index (χ2v) is 5.18. The van der Waals surface area contributed by atoms with E-state index in [0.29, 0.717) is 23.6 Å². The lowest BCUT2D eigenvalue weighted by Gasteiger charge is -2.21. The minimum atomic E-state index is -0.370. The van der Waals surface area contributed by atoms with Gasteiger partial charge >= 0.3 is 12.0 Å². The summed E-state index contributed by atoms with van der Waals surface area (Å²) in [4.78, 5) is 25.6. The van der Waals surface area contributed by atoms with Gasteiger partial charge in [0.25, 0.3) is 0 Å². The summed E-state index contributed by atoms with van der Waals surface area (Å²) in [5, 5.41) is 11.6. The van der Waals surface area contributed by atoms with Gasteiger partial charge in [-0.3, -0.25) is 4.79 Å². The molecular formula is C18H19N3O4. The Morgan fingerprint density at radius 2 is 2.04 bits per heavy atom. The molecule has 0 unspecified atom stereocenters. The molecule has 7 nitrogen and oxygen atoms in total. The van der Waals surface area contributed by atoms with Gasteiger partial charge in [0.15, 0.2) is 0 Å². The van der Waals surface area contributed by atoms with Gasteiger partial charge in [-0.05, 0) is 43.3 Å². The van der Waals surface area contributed by atoms with E-state index in [1.165, 1.54) is 11.2 Å². The third-order valence-electron chi connectivity index (χ3n) is 3.37. The Balaban J connectivity index is 2.02. The number of nitrogens with one attached hydrogen (secondary N) is 1. The van der Waals surface area contributed by atoms with Crippen LogP contribution < -0.4 is 5.32 Å². The molecule has 0 atom stereocenters. The van der Waals surface area contributed by atoms with E-state index in [1.807, 2.05) is 6.07 Å². The largest absolute Gasteiger partial charge is 0.467 e. The Hall–Kier alpha value is -3.27. The summed E-state index contributed by atoms with van der Waals surface area (Å²) in [7, 11) is 0. The van der Waals surface area contributed by atoms with Gasteiger partial charge in [-0.15, -0.1) is 0 Å². The number of amides is 2. The zero-order valence-corrected chi connectivity index (χ0v) is 13.9. The van der Waals surface area contributed by atoms with Gasteiger partial charge < -0.3 is 19.4 Å².